The molecule has 5 rings (SSSR count). The molecule has 10 nitrogen and oxygen atoms in total. The number of piperazine rings is 1. The predicted molar refractivity (Wildman–Crippen MR) is 141 cm³/mol. The molecule has 39 heavy (non-hydrogen) atoms. The van der Waals surface area contributed by atoms with E-state index in [1.807, 2.05) is 7.05 Å². The van der Waals surface area contributed by atoms with Crippen LogP contribution in [0.2, 0.25) is 0 Å². The fourth-order valence-electron chi connectivity index (χ4n) is 4.18. The molecule has 2 aromatic heterocycles. The number of halogens is 3. The van der Waals surface area contributed by atoms with Gasteiger partial charge in [-0.1, -0.05) is 6.58 Å². The van der Waals surface area contributed by atoms with Crippen molar-refractivity contribution in [3.8, 4) is 5.69 Å². The normalized spacial score (nSPS) is 13.9. The summed E-state index contributed by atoms with van der Waals surface area (Å²) in [6.07, 6.45) is 3.37. The fourth-order valence-corrected chi connectivity index (χ4v) is 4.18. The summed E-state index contributed by atoms with van der Waals surface area (Å²) in [5.74, 6) is -3.51. The zero-order valence-corrected chi connectivity index (χ0v) is 20.8. The van der Waals surface area contributed by atoms with Gasteiger partial charge in [0.1, 0.15) is 17.5 Å². The summed E-state index contributed by atoms with van der Waals surface area (Å²) in [6, 6.07) is 6.73. The second-order valence-electron chi connectivity index (χ2n) is 8.88. The minimum Gasteiger partial charge on any atom is -0.367 e. The number of likely N-dealkylation sites (N-methyl/N-ethyl adjacent to an activating group) is 1. The average Bonchev–Trinajstić information content (AvgIpc) is 2.93. The van der Waals surface area contributed by atoms with Crippen molar-refractivity contribution in [3.63, 3.8) is 0 Å². The highest BCUT2D eigenvalue weighted by molar-refractivity contribution is 5.99. The van der Waals surface area contributed by atoms with Crippen molar-refractivity contribution in [2.45, 2.75) is 0 Å². The van der Waals surface area contributed by atoms with Crippen LogP contribution in [0.3, 0.4) is 0 Å². The average molecular weight is 537 g/mol. The van der Waals surface area contributed by atoms with Gasteiger partial charge in [-0.25, -0.2) is 18.2 Å². The van der Waals surface area contributed by atoms with Gasteiger partial charge < -0.3 is 20.4 Å². The summed E-state index contributed by atoms with van der Waals surface area (Å²) >= 11 is 0. The van der Waals surface area contributed by atoms with Crippen molar-refractivity contribution in [2.24, 2.45) is 0 Å². The zero-order chi connectivity index (χ0) is 27.7. The fraction of sp³-hybridized carbons (Fsp3) is 0.192. The summed E-state index contributed by atoms with van der Waals surface area (Å²) < 4.78 is 45.7. The van der Waals surface area contributed by atoms with Gasteiger partial charge in [-0.3, -0.25) is 14.2 Å². The number of anilines is 4. The van der Waals surface area contributed by atoms with Crippen LogP contribution >= 0.6 is 0 Å². The van der Waals surface area contributed by atoms with Crippen molar-refractivity contribution < 1.29 is 18.0 Å². The van der Waals surface area contributed by atoms with Crippen LogP contribution in [-0.4, -0.2) is 63.6 Å². The quantitative estimate of drug-likeness (QED) is 0.362. The number of rotatable bonds is 6. The maximum absolute atomic E-state index is 15.0. The Morgan fingerprint density at radius 2 is 1.79 bits per heavy atom. The number of hydrogen-bond donors (Lipinski definition) is 2. The topological polar surface area (TPSA) is 108 Å². The molecular formula is C26H23F3N8O2. The number of carbonyl (C=O) groups is 1. The molecule has 1 fully saturated rings. The van der Waals surface area contributed by atoms with E-state index in [9.17, 15) is 18.4 Å². The van der Waals surface area contributed by atoms with Crippen LogP contribution in [-0.2, 0) is 4.79 Å². The molecule has 0 atom stereocenters. The number of carbonyl (C=O) groups excluding carboxylic acids is 1. The number of nitrogens with one attached hydrogen (secondary N) is 2. The molecule has 200 valence electrons. The lowest BCUT2D eigenvalue weighted by atomic mass is 10.2. The van der Waals surface area contributed by atoms with E-state index in [0.29, 0.717) is 18.8 Å². The molecule has 1 aliphatic rings. The van der Waals surface area contributed by atoms with Gasteiger partial charge in [0.2, 0.25) is 11.9 Å². The highest BCUT2D eigenvalue weighted by Gasteiger charge is 2.22. The number of fused-ring (bicyclic) bond motifs is 1. The molecule has 3 heterocycles. The summed E-state index contributed by atoms with van der Waals surface area (Å²) in [4.78, 5) is 40.1. The Morgan fingerprint density at radius 3 is 2.54 bits per heavy atom. The Kier molecular flexibility index (Phi) is 6.98. The van der Waals surface area contributed by atoms with Crippen LogP contribution in [0.4, 0.5) is 36.2 Å². The molecule has 0 aliphatic carbocycles. The number of amides is 1. The van der Waals surface area contributed by atoms with Crippen molar-refractivity contribution >= 4 is 40.0 Å². The Morgan fingerprint density at radius 1 is 1.03 bits per heavy atom. The second kappa shape index (κ2) is 10.5. The molecule has 1 saturated heterocycles. The molecule has 0 bridgehead atoms. The van der Waals surface area contributed by atoms with Crippen molar-refractivity contribution in [2.75, 3.05) is 48.8 Å². The van der Waals surface area contributed by atoms with E-state index >= 15 is 4.39 Å². The Labute approximate surface area is 220 Å². The highest BCUT2D eigenvalue weighted by Crippen LogP contribution is 2.29. The van der Waals surface area contributed by atoms with Gasteiger partial charge in [0.15, 0.2) is 17.3 Å². The molecule has 0 radical (unpaired) electrons. The first-order valence-electron chi connectivity index (χ1n) is 11.9. The van der Waals surface area contributed by atoms with E-state index in [0.717, 1.165) is 25.2 Å². The third kappa shape index (κ3) is 5.16. The summed E-state index contributed by atoms with van der Waals surface area (Å²) in [6.45, 7) is 5.95. The minimum atomic E-state index is -1.09. The van der Waals surface area contributed by atoms with Gasteiger partial charge in [-0.05, 0) is 43.5 Å². The zero-order valence-electron chi connectivity index (χ0n) is 20.8. The molecule has 13 heteroatoms. The molecule has 2 aromatic carbocycles. The molecule has 1 aliphatic heterocycles. The lowest BCUT2D eigenvalue weighted by molar-refractivity contribution is -0.111. The number of nitrogens with zero attached hydrogens (tertiary/aromatic N) is 6. The smallest absolute Gasteiger partial charge is 0.283 e. The first-order chi connectivity index (χ1) is 18.7. The maximum Gasteiger partial charge on any atom is 0.283 e. The van der Waals surface area contributed by atoms with Crippen LogP contribution in [0, 0.1) is 17.5 Å². The van der Waals surface area contributed by atoms with E-state index in [1.54, 1.807) is 4.90 Å². The highest BCUT2D eigenvalue weighted by atomic mass is 19.2. The van der Waals surface area contributed by atoms with Crippen LogP contribution in [0.25, 0.3) is 16.7 Å². The van der Waals surface area contributed by atoms with E-state index in [-0.39, 0.29) is 34.0 Å². The third-order valence-corrected chi connectivity index (χ3v) is 6.34. The molecule has 0 unspecified atom stereocenters. The van der Waals surface area contributed by atoms with Crippen molar-refractivity contribution in [1.82, 2.24) is 24.4 Å². The van der Waals surface area contributed by atoms with Crippen LogP contribution < -0.4 is 21.1 Å². The van der Waals surface area contributed by atoms with Crippen LogP contribution in [0.5, 0.6) is 0 Å². The van der Waals surface area contributed by atoms with Crippen LogP contribution in [0.15, 0.2) is 60.3 Å². The van der Waals surface area contributed by atoms with E-state index in [4.69, 9.17) is 0 Å². The maximum atomic E-state index is 15.0. The molecule has 4 aromatic rings. The van der Waals surface area contributed by atoms with Gasteiger partial charge in [-0.15, -0.1) is 0 Å². The monoisotopic (exact) mass is 536 g/mol. The molecule has 1 amide bonds. The van der Waals surface area contributed by atoms with Crippen LogP contribution in [0.1, 0.15) is 0 Å². The standard InChI is InChI=1S/C26H23F3N8O2/c1-3-21(38)32-19-12-15(4-5-17(19)27)37-14-31-25(39)16-13-30-26(34-24(16)37)33-18-6-7-20(23(29)22(18)28)36-10-8-35(2)9-11-36/h3-7,12-14H,1,8-11H2,2H3,(H,32,38)(H,30,33,34). The van der Waals surface area contributed by atoms with E-state index in [1.165, 1.54) is 41.4 Å². The molecular weight excluding hydrogens is 513 g/mol. The van der Waals surface area contributed by atoms with Crippen molar-refractivity contribution in [1.29, 1.82) is 0 Å². The summed E-state index contributed by atoms with van der Waals surface area (Å²) in [7, 11) is 1.97. The summed E-state index contributed by atoms with van der Waals surface area (Å²) in [5, 5.41) is 5.06. The molecule has 0 saturated carbocycles. The first-order valence-corrected chi connectivity index (χ1v) is 11.9. The third-order valence-electron chi connectivity index (χ3n) is 6.34. The van der Waals surface area contributed by atoms with Gasteiger partial charge in [-0.2, -0.15) is 9.97 Å². The lowest BCUT2D eigenvalue weighted by Crippen LogP contribution is -2.44. The first kappa shape index (κ1) is 25.9. The van der Waals surface area contributed by atoms with Gasteiger partial charge >= 0.3 is 0 Å². The summed E-state index contributed by atoms with van der Waals surface area (Å²) in [5.41, 5.74) is -0.398. The number of hydrogen-bond acceptors (Lipinski definition) is 8. The predicted octanol–water partition coefficient (Wildman–Crippen LogP) is 3.21. The Balaban J connectivity index is 1.50. The second-order valence-corrected chi connectivity index (χ2v) is 8.88. The van der Waals surface area contributed by atoms with Gasteiger partial charge in [0.05, 0.1) is 22.7 Å². The Hall–Kier alpha value is -4.78. The SMILES string of the molecule is C=CC(=O)Nc1cc(-n2cnc(=O)c3cnc(Nc4ccc(N5CCN(C)CC5)c(F)c4F)nc32)ccc1F. The van der Waals surface area contributed by atoms with E-state index in [2.05, 4.69) is 37.1 Å². The lowest BCUT2D eigenvalue weighted by Gasteiger charge is -2.34. The van der Waals surface area contributed by atoms with E-state index < -0.39 is 28.9 Å². The molecule has 2 N–H and O–H groups in total. The number of aromatic nitrogens is 4. The molecule has 0 spiro atoms. The van der Waals surface area contributed by atoms with Gasteiger partial charge in [0.25, 0.3) is 5.56 Å². The Bertz CT molecular complexity index is 1650. The number of benzene rings is 2. The van der Waals surface area contributed by atoms with Gasteiger partial charge in [0, 0.05) is 32.4 Å². The largest absolute Gasteiger partial charge is 0.367 e. The minimum absolute atomic E-state index is 0.0288. The van der Waals surface area contributed by atoms with Crippen molar-refractivity contribution in [3.05, 3.63) is 83.3 Å².